The van der Waals surface area contributed by atoms with Crippen molar-refractivity contribution >= 4 is 22.9 Å². The Bertz CT molecular complexity index is 930. The zero-order chi connectivity index (χ0) is 18.6. The van der Waals surface area contributed by atoms with Crippen LogP contribution in [0.15, 0.2) is 36.5 Å². The zero-order valence-electron chi connectivity index (χ0n) is 15.3. The van der Waals surface area contributed by atoms with Crippen LogP contribution in [0.2, 0.25) is 0 Å². The molecule has 0 bridgehead atoms. The molecule has 2 heterocycles. The predicted molar refractivity (Wildman–Crippen MR) is 103 cm³/mol. The van der Waals surface area contributed by atoms with Gasteiger partial charge in [-0.15, -0.1) is 5.10 Å². The minimum absolute atomic E-state index is 0.122. The summed E-state index contributed by atoms with van der Waals surface area (Å²) >= 11 is 0. The van der Waals surface area contributed by atoms with Crippen molar-refractivity contribution in [2.45, 2.75) is 38.6 Å². The van der Waals surface area contributed by atoms with E-state index in [1.165, 1.54) is 0 Å². The van der Waals surface area contributed by atoms with E-state index in [4.69, 9.17) is 0 Å². The highest BCUT2D eigenvalue weighted by molar-refractivity contribution is 5.78. The molecule has 0 unspecified atom stereocenters. The Morgan fingerprint density at radius 1 is 1.19 bits per heavy atom. The van der Waals surface area contributed by atoms with Crippen molar-refractivity contribution in [3.63, 3.8) is 0 Å². The minimum Gasteiger partial charge on any atom is -0.356 e. The van der Waals surface area contributed by atoms with Crippen molar-refractivity contribution in [2.75, 3.05) is 11.9 Å². The van der Waals surface area contributed by atoms with Crippen molar-refractivity contribution in [1.29, 1.82) is 0 Å². The third kappa shape index (κ3) is 3.74. The molecular weight excluding hydrogens is 342 g/mol. The Hall–Kier alpha value is -3.03. The summed E-state index contributed by atoms with van der Waals surface area (Å²) in [5.74, 6) is 1.55. The molecule has 140 valence electrons. The van der Waals surface area contributed by atoms with Gasteiger partial charge in [-0.2, -0.15) is 9.67 Å². The van der Waals surface area contributed by atoms with E-state index in [9.17, 15) is 4.79 Å². The van der Waals surface area contributed by atoms with Crippen LogP contribution in [0.4, 0.5) is 5.95 Å². The van der Waals surface area contributed by atoms with E-state index in [2.05, 4.69) is 30.9 Å². The van der Waals surface area contributed by atoms with Gasteiger partial charge in [-0.1, -0.05) is 17.3 Å². The maximum absolute atomic E-state index is 12.0. The molecule has 0 radical (unpaired) electrons. The summed E-state index contributed by atoms with van der Waals surface area (Å²) < 4.78 is 1.72. The zero-order valence-corrected chi connectivity index (χ0v) is 15.3. The molecule has 2 N–H and O–H groups in total. The van der Waals surface area contributed by atoms with Gasteiger partial charge in [0.15, 0.2) is 5.82 Å². The first-order valence-corrected chi connectivity index (χ1v) is 9.42. The number of fused-ring (bicyclic) bond motifs is 1. The SMILES string of the molecule is CCNC(=O)C1CCC(Nc2nccc(-n3nnc4ccccc43)n2)CC1. The average molecular weight is 365 g/mol. The first-order valence-electron chi connectivity index (χ1n) is 9.42. The van der Waals surface area contributed by atoms with Crippen LogP contribution in [0, 0.1) is 5.92 Å². The molecule has 3 aromatic rings. The van der Waals surface area contributed by atoms with Gasteiger partial charge in [0.05, 0.1) is 5.52 Å². The molecule has 8 nitrogen and oxygen atoms in total. The second-order valence-corrected chi connectivity index (χ2v) is 6.82. The number of benzene rings is 1. The first kappa shape index (κ1) is 17.4. The van der Waals surface area contributed by atoms with Gasteiger partial charge in [-0.05, 0) is 44.7 Å². The van der Waals surface area contributed by atoms with Gasteiger partial charge >= 0.3 is 0 Å². The fourth-order valence-corrected chi connectivity index (χ4v) is 3.58. The Morgan fingerprint density at radius 2 is 2.00 bits per heavy atom. The molecule has 0 saturated heterocycles. The number of nitrogens with zero attached hydrogens (tertiary/aromatic N) is 5. The van der Waals surface area contributed by atoms with Crippen LogP contribution in [-0.4, -0.2) is 43.5 Å². The number of anilines is 1. The lowest BCUT2D eigenvalue weighted by molar-refractivity contribution is -0.125. The number of nitrogens with one attached hydrogen (secondary N) is 2. The fourth-order valence-electron chi connectivity index (χ4n) is 3.58. The minimum atomic E-state index is 0.122. The van der Waals surface area contributed by atoms with E-state index in [1.807, 2.05) is 37.3 Å². The van der Waals surface area contributed by atoms with Gasteiger partial charge in [0, 0.05) is 30.8 Å². The number of rotatable bonds is 5. The number of aromatic nitrogens is 5. The van der Waals surface area contributed by atoms with Gasteiger partial charge in [-0.3, -0.25) is 4.79 Å². The summed E-state index contributed by atoms with van der Waals surface area (Å²) in [6.07, 6.45) is 5.36. The van der Waals surface area contributed by atoms with Crippen LogP contribution in [0.25, 0.3) is 16.9 Å². The molecule has 0 aliphatic heterocycles. The highest BCUT2D eigenvalue weighted by Gasteiger charge is 2.26. The molecule has 1 aromatic carbocycles. The normalized spacial score (nSPS) is 19.7. The molecule has 1 aliphatic carbocycles. The van der Waals surface area contributed by atoms with Crippen molar-refractivity contribution in [2.24, 2.45) is 5.92 Å². The van der Waals surface area contributed by atoms with Crippen LogP contribution in [0.1, 0.15) is 32.6 Å². The van der Waals surface area contributed by atoms with Gasteiger partial charge < -0.3 is 10.6 Å². The smallest absolute Gasteiger partial charge is 0.224 e. The molecule has 1 saturated carbocycles. The van der Waals surface area contributed by atoms with E-state index in [0.29, 0.717) is 18.3 Å². The molecule has 1 aliphatic rings. The van der Waals surface area contributed by atoms with Gasteiger partial charge in [0.2, 0.25) is 11.9 Å². The summed E-state index contributed by atoms with van der Waals surface area (Å²) in [6, 6.07) is 9.87. The second-order valence-electron chi connectivity index (χ2n) is 6.82. The molecule has 0 atom stereocenters. The summed E-state index contributed by atoms with van der Waals surface area (Å²) in [5.41, 5.74) is 1.74. The molecule has 1 fully saturated rings. The van der Waals surface area contributed by atoms with E-state index in [0.717, 1.165) is 36.7 Å². The second kappa shape index (κ2) is 7.69. The van der Waals surface area contributed by atoms with Crippen LogP contribution >= 0.6 is 0 Å². The number of carbonyl (C=O) groups excluding carboxylic acids is 1. The maximum Gasteiger partial charge on any atom is 0.224 e. The number of hydrogen-bond acceptors (Lipinski definition) is 6. The fraction of sp³-hybridized carbons (Fsp3) is 0.421. The molecule has 4 rings (SSSR count). The highest BCUT2D eigenvalue weighted by atomic mass is 16.1. The lowest BCUT2D eigenvalue weighted by Crippen LogP contribution is -2.36. The lowest BCUT2D eigenvalue weighted by atomic mass is 9.85. The van der Waals surface area contributed by atoms with E-state index < -0.39 is 0 Å². The molecule has 0 spiro atoms. The van der Waals surface area contributed by atoms with Crippen LogP contribution in [0.3, 0.4) is 0 Å². The number of carbonyl (C=O) groups is 1. The van der Waals surface area contributed by atoms with Gasteiger partial charge in [-0.25, -0.2) is 4.98 Å². The lowest BCUT2D eigenvalue weighted by Gasteiger charge is -2.28. The molecule has 1 amide bonds. The topological polar surface area (TPSA) is 97.6 Å². The van der Waals surface area contributed by atoms with Crippen LogP contribution in [-0.2, 0) is 4.79 Å². The monoisotopic (exact) mass is 365 g/mol. The third-order valence-electron chi connectivity index (χ3n) is 4.99. The Balaban J connectivity index is 1.44. The summed E-state index contributed by atoms with van der Waals surface area (Å²) in [5, 5.41) is 14.7. The average Bonchev–Trinajstić information content (AvgIpc) is 3.13. The quantitative estimate of drug-likeness (QED) is 0.720. The summed E-state index contributed by atoms with van der Waals surface area (Å²) in [4.78, 5) is 20.9. The van der Waals surface area contributed by atoms with Crippen molar-refractivity contribution in [1.82, 2.24) is 30.3 Å². The van der Waals surface area contributed by atoms with Crippen LogP contribution in [0.5, 0.6) is 0 Å². The van der Waals surface area contributed by atoms with E-state index in [1.54, 1.807) is 10.9 Å². The Labute approximate surface area is 157 Å². The highest BCUT2D eigenvalue weighted by Crippen LogP contribution is 2.26. The predicted octanol–water partition coefficient (Wildman–Crippen LogP) is 2.32. The van der Waals surface area contributed by atoms with Crippen molar-refractivity contribution in [3.8, 4) is 5.82 Å². The summed E-state index contributed by atoms with van der Waals surface area (Å²) in [6.45, 7) is 2.64. The molecular formula is C19H23N7O. The van der Waals surface area contributed by atoms with E-state index in [-0.39, 0.29) is 17.9 Å². The van der Waals surface area contributed by atoms with Crippen LogP contribution < -0.4 is 10.6 Å². The number of hydrogen-bond donors (Lipinski definition) is 2. The van der Waals surface area contributed by atoms with Crippen molar-refractivity contribution < 1.29 is 4.79 Å². The van der Waals surface area contributed by atoms with Gasteiger partial charge in [0.1, 0.15) is 5.52 Å². The Morgan fingerprint density at radius 3 is 2.81 bits per heavy atom. The molecule has 8 heteroatoms. The van der Waals surface area contributed by atoms with Gasteiger partial charge in [0.25, 0.3) is 0 Å². The Kier molecular flexibility index (Phi) is 4.95. The maximum atomic E-state index is 12.0. The first-order chi connectivity index (χ1) is 13.2. The van der Waals surface area contributed by atoms with E-state index >= 15 is 0 Å². The summed E-state index contributed by atoms with van der Waals surface area (Å²) in [7, 11) is 0. The third-order valence-corrected chi connectivity index (χ3v) is 4.99. The number of para-hydroxylation sites is 1. The molecule has 27 heavy (non-hydrogen) atoms. The standard InChI is InChI=1S/C19H23N7O/c1-2-20-18(27)13-7-9-14(10-8-13)22-19-21-12-11-17(23-19)26-16-6-4-3-5-15(16)24-25-26/h3-6,11-14H,2,7-10H2,1H3,(H,20,27)(H,21,22,23). The van der Waals surface area contributed by atoms with Crippen molar-refractivity contribution in [3.05, 3.63) is 36.5 Å². The largest absolute Gasteiger partial charge is 0.356 e. The molecule has 2 aromatic heterocycles. The number of amides is 1.